The van der Waals surface area contributed by atoms with E-state index in [9.17, 15) is 31.5 Å². The van der Waals surface area contributed by atoms with Crippen molar-refractivity contribution in [2.24, 2.45) is 5.92 Å². The highest BCUT2D eigenvalue weighted by atomic mass is 35.5. The number of hydrogen-bond acceptors (Lipinski definition) is 4. The number of halogens is 6. The van der Waals surface area contributed by atoms with Gasteiger partial charge in [-0.15, -0.1) is 0 Å². The second-order valence-corrected chi connectivity index (χ2v) is 8.13. The van der Waals surface area contributed by atoms with Gasteiger partial charge in [0.25, 0.3) is 0 Å². The Kier molecular flexibility index (Phi) is 6.12. The van der Waals surface area contributed by atoms with Crippen molar-refractivity contribution in [3.8, 4) is 0 Å². The van der Waals surface area contributed by atoms with Crippen LogP contribution in [0.2, 0.25) is 5.02 Å². The van der Waals surface area contributed by atoms with Gasteiger partial charge in [0, 0.05) is 36.6 Å². The van der Waals surface area contributed by atoms with E-state index >= 15 is 0 Å². The smallest absolute Gasteiger partial charge is 0.353 e. The lowest BCUT2D eigenvalue weighted by molar-refractivity contribution is -0.145. The molecule has 2 unspecified atom stereocenters. The summed E-state index contributed by atoms with van der Waals surface area (Å²) in [5.41, 5.74) is -0.398. The first-order chi connectivity index (χ1) is 15.6. The quantitative estimate of drug-likeness (QED) is 0.509. The Labute approximate surface area is 189 Å². The largest absolute Gasteiger partial charge is 0.451 e. The zero-order chi connectivity index (χ0) is 23.9. The number of carbonyl (C=O) groups is 2. The Morgan fingerprint density at radius 2 is 1.88 bits per heavy atom. The van der Waals surface area contributed by atoms with Crippen molar-refractivity contribution in [1.82, 2.24) is 25.5 Å². The molecule has 1 aliphatic heterocycles. The summed E-state index contributed by atoms with van der Waals surface area (Å²) in [5.74, 6) is -3.99. The zero-order valence-electron chi connectivity index (χ0n) is 16.8. The molecule has 1 aromatic heterocycles. The van der Waals surface area contributed by atoms with Crippen LogP contribution in [0.1, 0.15) is 35.8 Å². The van der Waals surface area contributed by atoms with Crippen LogP contribution in [0.4, 0.5) is 26.7 Å². The summed E-state index contributed by atoms with van der Waals surface area (Å²) in [5, 5.41) is 4.37. The van der Waals surface area contributed by atoms with Crippen LogP contribution in [0.3, 0.4) is 0 Å². The lowest BCUT2D eigenvalue weighted by Gasteiger charge is -2.36. The fraction of sp³-hybridized carbons (Fsp3) is 0.400. The number of hydrogen-bond donors (Lipinski definition) is 2. The van der Waals surface area contributed by atoms with Crippen LogP contribution in [0.15, 0.2) is 24.5 Å². The minimum Gasteiger partial charge on any atom is -0.353 e. The monoisotopic (exact) mass is 489 g/mol. The van der Waals surface area contributed by atoms with E-state index in [-0.39, 0.29) is 36.0 Å². The van der Waals surface area contributed by atoms with E-state index in [2.05, 4.69) is 20.6 Å². The summed E-state index contributed by atoms with van der Waals surface area (Å²) in [7, 11) is 0. The number of rotatable bonds is 4. The number of aromatic nitrogens is 2. The van der Waals surface area contributed by atoms with Gasteiger partial charge in [-0.25, -0.2) is 23.5 Å². The molecule has 13 heteroatoms. The highest BCUT2D eigenvalue weighted by molar-refractivity contribution is 6.31. The Balaban J connectivity index is 1.69. The Hall–Kier alpha value is -3.02. The van der Waals surface area contributed by atoms with Crippen LogP contribution < -0.4 is 10.6 Å². The predicted octanol–water partition coefficient (Wildman–Crippen LogP) is 3.44. The topological polar surface area (TPSA) is 87.2 Å². The summed E-state index contributed by atoms with van der Waals surface area (Å²) < 4.78 is 67.1. The Morgan fingerprint density at radius 3 is 2.48 bits per heavy atom. The molecule has 2 fully saturated rings. The minimum absolute atomic E-state index is 0.0131. The zero-order valence-corrected chi connectivity index (χ0v) is 17.6. The summed E-state index contributed by atoms with van der Waals surface area (Å²) in [6, 6.07) is -0.980. The second-order valence-electron chi connectivity index (χ2n) is 7.75. The molecule has 3 amide bonds. The van der Waals surface area contributed by atoms with Crippen molar-refractivity contribution in [2.45, 2.75) is 31.1 Å². The fourth-order valence-corrected chi connectivity index (χ4v) is 3.91. The van der Waals surface area contributed by atoms with E-state index in [1.54, 1.807) is 0 Å². The van der Waals surface area contributed by atoms with Crippen LogP contribution in [-0.2, 0) is 11.0 Å². The van der Waals surface area contributed by atoms with E-state index in [1.807, 2.05) is 0 Å². The van der Waals surface area contributed by atoms with Gasteiger partial charge in [-0.05, 0) is 24.8 Å². The van der Waals surface area contributed by atoms with E-state index in [1.165, 1.54) is 4.90 Å². The third-order valence-electron chi connectivity index (χ3n) is 5.49. The van der Waals surface area contributed by atoms with Crippen molar-refractivity contribution < 1.29 is 31.5 Å². The maximum atomic E-state index is 14.8. The third-order valence-corrected chi connectivity index (χ3v) is 5.83. The molecule has 2 N–H and O–H groups in total. The first-order valence-electron chi connectivity index (χ1n) is 9.95. The van der Waals surface area contributed by atoms with Gasteiger partial charge in [0.05, 0.1) is 6.04 Å². The normalized spacial score (nSPS) is 19.8. The molecule has 1 saturated carbocycles. The number of nitrogens with zero attached hydrogens (tertiary/aromatic N) is 3. The summed E-state index contributed by atoms with van der Waals surface area (Å²) in [4.78, 5) is 33.2. The number of nitrogens with one attached hydrogen (secondary N) is 2. The van der Waals surface area contributed by atoms with Crippen LogP contribution in [0, 0.1) is 17.6 Å². The molecule has 1 aliphatic carbocycles. The average Bonchev–Trinajstić information content (AvgIpc) is 3.61. The number of benzene rings is 1. The molecule has 1 saturated heterocycles. The molecule has 2 atom stereocenters. The van der Waals surface area contributed by atoms with Gasteiger partial charge >= 0.3 is 12.2 Å². The fourth-order valence-electron chi connectivity index (χ4n) is 3.74. The molecule has 2 aromatic rings. The summed E-state index contributed by atoms with van der Waals surface area (Å²) >= 11 is 5.67. The van der Waals surface area contributed by atoms with Crippen LogP contribution >= 0.6 is 11.6 Å². The maximum Gasteiger partial charge on any atom is 0.451 e. The molecule has 7 nitrogen and oxygen atoms in total. The third kappa shape index (κ3) is 4.70. The van der Waals surface area contributed by atoms with Crippen molar-refractivity contribution in [3.05, 3.63) is 58.1 Å². The molecule has 0 radical (unpaired) electrons. The summed E-state index contributed by atoms with van der Waals surface area (Å²) in [6.45, 7) is 0.391. The van der Waals surface area contributed by atoms with Gasteiger partial charge in [-0.1, -0.05) is 17.7 Å². The number of urea groups is 1. The van der Waals surface area contributed by atoms with Crippen molar-refractivity contribution in [2.75, 3.05) is 13.1 Å². The molecule has 1 aromatic carbocycles. The van der Waals surface area contributed by atoms with Gasteiger partial charge in [0.2, 0.25) is 11.7 Å². The highest BCUT2D eigenvalue weighted by Crippen LogP contribution is 2.37. The number of piperazine rings is 1. The van der Waals surface area contributed by atoms with Gasteiger partial charge in [0.15, 0.2) is 0 Å². The van der Waals surface area contributed by atoms with Crippen molar-refractivity contribution in [1.29, 1.82) is 0 Å². The molecule has 2 aliphatic rings. The van der Waals surface area contributed by atoms with E-state index in [0.29, 0.717) is 0 Å². The predicted molar refractivity (Wildman–Crippen MR) is 105 cm³/mol. The first-order valence-corrected chi connectivity index (χ1v) is 10.3. The Morgan fingerprint density at radius 1 is 1.21 bits per heavy atom. The van der Waals surface area contributed by atoms with Crippen molar-refractivity contribution >= 4 is 23.5 Å². The molecule has 33 heavy (non-hydrogen) atoms. The number of carbonyl (C=O) groups excluding carboxylic acids is 2. The van der Waals surface area contributed by atoms with E-state index in [0.717, 1.165) is 37.4 Å². The maximum absolute atomic E-state index is 14.8. The SMILES string of the molecule is O=C1NCCN(C(=O)NC(c2cnc(C(F)(F)F)nc2)c2ccc(F)c(Cl)c2F)C1C1CC1. The minimum atomic E-state index is -4.81. The molecule has 4 rings (SSSR count). The molecular formula is C20H17ClF5N5O2. The molecule has 176 valence electrons. The highest BCUT2D eigenvalue weighted by Gasteiger charge is 2.44. The van der Waals surface area contributed by atoms with Crippen LogP contribution in [0.25, 0.3) is 0 Å². The van der Waals surface area contributed by atoms with E-state index < -0.39 is 46.8 Å². The molecule has 0 spiro atoms. The van der Waals surface area contributed by atoms with Gasteiger partial charge in [0.1, 0.15) is 22.7 Å². The molecule has 0 bridgehead atoms. The number of alkyl halides is 3. The van der Waals surface area contributed by atoms with Gasteiger partial charge < -0.3 is 15.5 Å². The molecule has 2 heterocycles. The van der Waals surface area contributed by atoms with Crippen molar-refractivity contribution in [3.63, 3.8) is 0 Å². The van der Waals surface area contributed by atoms with Gasteiger partial charge in [-0.3, -0.25) is 4.79 Å². The number of amides is 3. The lowest BCUT2D eigenvalue weighted by atomic mass is 10.00. The van der Waals surface area contributed by atoms with Gasteiger partial charge in [-0.2, -0.15) is 13.2 Å². The van der Waals surface area contributed by atoms with Crippen LogP contribution in [-0.4, -0.2) is 45.9 Å². The average molecular weight is 490 g/mol. The molecular weight excluding hydrogens is 473 g/mol. The summed E-state index contributed by atoms with van der Waals surface area (Å²) in [6.07, 6.45) is -1.70. The standard InChI is InChI=1S/C20H17ClF5N5O2/c21-13-12(22)4-3-11(14(13)23)15(10-7-28-18(29-8-10)20(24,25)26)30-19(33)31-6-5-27-17(32)16(31)9-1-2-9/h3-4,7-9,15-16H,1-2,5-6H2,(H,27,32)(H,30,33). The van der Waals surface area contributed by atoms with E-state index in [4.69, 9.17) is 11.6 Å². The Bertz CT molecular complexity index is 1080. The van der Waals surface area contributed by atoms with Crippen LogP contribution in [0.5, 0.6) is 0 Å². The lowest BCUT2D eigenvalue weighted by Crippen LogP contribution is -2.60. The second kappa shape index (κ2) is 8.73. The first kappa shape index (κ1) is 23.1.